The van der Waals surface area contributed by atoms with Gasteiger partial charge in [0.25, 0.3) is 0 Å². The maximum atomic E-state index is 11.0. The first-order chi connectivity index (χ1) is 7.22. The monoisotopic (exact) mass is 230 g/mol. The zero-order chi connectivity index (χ0) is 11.1. The van der Waals surface area contributed by atoms with Crippen LogP contribution in [0.25, 0.3) is 0 Å². The Hall–Kier alpha value is -1.56. The van der Waals surface area contributed by atoms with Gasteiger partial charge in [0, 0.05) is 25.5 Å². The molecule has 7 heteroatoms. The largest absolute Gasteiger partial charge is 0.336 e. The molecule has 1 aromatic heterocycles. The van der Waals surface area contributed by atoms with Crippen LogP contribution in [0.4, 0.5) is 4.79 Å². The molecule has 6 nitrogen and oxygen atoms in total. The Morgan fingerprint density at radius 1 is 1.47 bits per heavy atom. The van der Waals surface area contributed by atoms with E-state index < -0.39 is 11.9 Å². The molecule has 0 aliphatic carbocycles. The van der Waals surface area contributed by atoms with E-state index in [4.69, 9.17) is 11.6 Å². The molecule has 0 saturated carbocycles. The second-order valence-electron chi connectivity index (χ2n) is 2.74. The zero-order valence-electron chi connectivity index (χ0n) is 7.94. The first kappa shape index (κ1) is 11.5. The zero-order valence-corrected chi connectivity index (χ0v) is 8.70. The van der Waals surface area contributed by atoms with Gasteiger partial charge in [-0.1, -0.05) is 0 Å². The molecule has 0 aromatic carbocycles. The summed E-state index contributed by atoms with van der Waals surface area (Å²) in [7, 11) is 0. The molecule has 1 rings (SSSR count). The number of imide groups is 1. The Morgan fingerprint density at radius 3 is 2.87 bits per heavy atom. The maximum absolute atomic E-state index is 11.0. The quantitative estimate of drug-likeness (QED) is 0.712. The van der Waals surface area contributed by atoms with Crippen molar-refractivity contribution in [3.05, 3.63) is 18.7 Å². The van der Waals surface area contributed by atoms with Crippen LogP contribution in [-0.2, 0) is 11.3 Å². The summed E-state index contributed by atoms with van der Waals surface area (Å²) < 4.78 is 1.81. The number of carbonyl (C=O) groups excluding carboxylic acids is 2. The fraction of sp³-hybridized carbons (Fsp3) is 0.375. The summed E-state index contributed by atoms with van der Waals surface area (Å²) in [5, 5.41) is 4.57. The Labute approximate surface area is 91.6 Å². The van der Waals surface area contributed by atoms with Crippen LogP contribution < -0.4 is 10.6 Å². The highest BCUT2D eigenvalue weighted by atomic mass is 35.5. The van der Waals surface area contributed by atoms with Gasteiger partial charge in [0.2, 0.25) is 5.91 Å². The topological polar surface area (TPSA) is 76.0 Å². The number of hydrogen-bond acceptors (Lipinski definition) is 3. The third-order valence-corrected chi connectivity index (χ3v) is 1.83. The molecule has 0 bridgehead atoms. The molecule has 0 aliphatic rings. The van der Waals surface area contributed by atoms with Gasteiger partial charge in [-0.25, -0.2) is 9.78 Å². The van der Waals surface area contributed by atoms with E-state index in [1.807, 2.05) is 4.57 Å². The minimum Gasteiger partial charge on any atom is -0.336 e. The van der Waals surface area contributed by atoms with E-state index in [1.165, 1.54) is 0 Å². The van der Waals surface area contributed by atoms with E-state index >= 15 is 0 Å². The van der Waals surface area contributed by atoms with Gasteiger partial charge in [-0.2, -0.15) is 0 Å². The minimum absolute atomic E-state index is 0.227. The molecule has 0 saturated heterocycles. The van der Waals surface area contributed by atoms with Crippen LogP contribution in [0.15, 0.2) is 18.7 Å². The molecule has 1 heterocycles. The van der Waals surface area contributed by atoms with Gasteiger partial charge < -0.3 is 9.88 Å². The number of imidazole rings is 1. The van der Waals surface area contributed by atoms with Crippen molar-refractivity contribution in [2.45, 2.75) is 6.54 Å². The second kappa shape index (κ2) is 6.02. The van der Waals surface area contributed by atoms with E-state index in [1.54, 1.807) is 18.7 Å². The van der Waals surface area contributed by atoms with Crippen LogP contribution in [0.5, 0.6) is 0 Å². The number of carbonyl (C=O) groups is 2. The van der Waals surface area contributed by atoms with Crippen molar-refractivity contribution in [3.8, 4) is 0 Å². The van der Waals surface area contributed by atoms with Crippen molar-refractivity contribution in [2.24, 2.45) is 0 Å². The van der Waals surface area contributed by atoms with Gasteiger partial charge in [0.05, 0.1) is 6.33 Å². The van der Waals surface area contributed by atoms with E-state index in [0.717, 1.165) is 0 Å². The number of nitrogens with zero attached hydrogens (tertiary/aromatic N) is 2. The summed E-state index contributed by atoms with van der Waals surface area (Å²) in [4.78, 5) is 25.6. The minimum atomic E-state index is -0.541. The van der Waals surface area contributed by atoms with Gasteiger partial charge in [-0.3, -0.25) is 10.1 Å². The number of amides is 3. The van der Waals surface area contributed by atoms with Crippen LogP contribution >= 0.6 is 11.6 Å². The van der Waals surface area contributed by atoms with Crippen molar-refractivity contribution >= 4 is 23.5 Å². The smallest absolute Gasteiger partial charge is 0.321 e. The average molecular weight is 231 g/mol. The number of rotatable bonds is 4. The third-order valence-electron chi connectivity index (χ3n) is 1.59. The summed E-state index contributed by atoms with van der Waals surface area (Å²) in [5.41, 5.74) is 0. The maximum Gasteiger partial charge on any atom is 0.321 e. The van der Waals surface area contributed by atoms with Gasteiger partial charge in [0.1, 0.15) is 5.88 Å². The molecular formula is C8H11ClN4O2. The molecule has 0 aliphatic heterocycles. The summed E-state index contributed by atoms with van der Waals surface area (Å²) in [6, 6.07) is -0.541. The lowest BCUT2D eigenvalue weighted by molar-refractivity contribution is -0.117. The fourth-order valence-corrected chi connectivity index (χ4v) is 0.989. The molecule has 2 N–H and O–H groups in total. The van der Waals surface area contributed by atoms with Crippen molar-refractivity contribution in [1.82, 2.24) is 20.2 Å². The molecule has 15 heavy (non-hydrogen) atoms. The molecule has 0 unspecified atom stereocenters. The van der Waals surface area contributed by atoms with Crippen molar-refractivity contribution in [1.29, 1.82) is 0 Å². The second-order valence-corrected chi connectivity index (χ2v) is 3.01. The number of hydrogen-bond donors (Lipinski definition) is 2. The highest BCUT2D eigenvalue weighted by molar-refractivity contribution is 6.28. The average Bonchev–Trinajstić information content (AvgIpc) is 2.70. The summed E-state index contributed by atoms with van der Waals surface area (Å²) in [5.74, 6) is -0.744. The van der Waals surface area contributed by atoms with E-state index in [2.05, 4.69) is 15.6 Å². The van der Waals surface area contributed by atoms with E-state index in [9.17, 15) is 9.59 Å². The SMILES string of the molecule is O=C(CCl)NC(=O)NCCn1ccnc1. The van der Waals surface area contributed by atoms with Crippen molar-refractivity contribution in [3.63, 3.8) is 0 Å². The van der Waals surface area contributed by atoms with Crippen molar-refractivity contribution < 1.29 is 9.59 Å². The molecular weight excluding hydrogens is 220 g/mol. The van der Waals surface area contributed by atoms with Gasteiger partial charge in [-0.05, 0) is 0 Å². The van der Waals surface area contributed by atoms with E-state index in [-0.39, 0.29) is 5.88 Å². The number of halogens is 1. The standard InChI is InChI=1S/C8H11ClN4O2/c9-5-7(14)12-8(15)11-2-4-13-3-1-10-6-13/h1,3,6H,2,4-5H2,(H2,11,12,14,15). The Kier molecular flexibility index (Phi) is 4.62. The lowest BCUT2D eigenvalue weighted by atomic mass is 10.6. The van der Waals surface area contributed by atoms with Gasteiger partial charge >= 0.3 is 6.03 Å². The predicted octanol–water partition coefficient (Wildman–Crippen LogP) is -0.0523. The Morgan fingerprint density at radius 2 is 2.27 bits per heavy atom. The highest BCUT2D eigenvalue weighted by Gasteiger charge is 2.04. The normalized spacial score (nSPS) is 9.67. The fourth-order valence-electron chi connectivity index (χ4n) is 0.922. The predicted molar refractivity (Wildman–Crippen MR) is 54.5 cm³/mol. The molecule has 0 fully saturated rings. The first-order valence-electron chi connectivity index (χ1n) is 4.31. The molecule has 3 amide bonds. The Bertz CT molecular complexity index is 325. The van der Waals surface area contributed by atoms with Gasteiger partial charge in [0.15, 0.2) is 0 Å². The third kappa shape index (κ3) is 4.46. The number of aromatic nitrogens is 2. The lowest BCUT2D eigenvalue weighted by Gasteiger charge is -2.05. The van der Waals surface area contributed by atoms with Crippen LogP contribution in [0.2, 0.25) is 0 Å². The van der Waals surface area contributed by atoms with Crippen molar-refractivity contribution in [2.75, 3.05) is 12.4 Å². The lowest BCUT2D eigenvalue weighted by Crippen LogP contribution is -2.41. The van der Waals surface area contributed by atoms with Crippen LogP contribution in [0.3, 0.4) is 0 Å². The van der Waals surface area contributed by atoms with Crippen LogP contribution in [0, 0.1) is 0 Å². The summed E-state index contributed by atoms with van der Waals surface area (Å²) >= 11 is 5.21. The Balaban J connectivity index is 2.15. The van der Waals surface area contributed by atoms with Crippen LogP contribution in [-0.4, -0.2) is 33.9 Å². The summed E-state index contributed by atoms with van der Waals surface area (Å²) in [6.07, 6.45) is 5.07. The highest BCUT2D eigenvalue weighted by Crippen LogP contribution is 1.83. The molecule has 82 valence electrons. The molecule has 0 spiro atoms. The number of alkyl halides is 1. The molecule has 1 aromatic rings. The number of nitrogens with one attached hydrogen (secondary N) is 2. The summed E-state index contributed by atoms with van der Waals surface area (Å²) in [6.45, 7) is 1.01. The van der Waals surface area contributed by atoms with Crippen LogP contribution in [0.1, 0.15) is 0 Å². The number of urea groups is 1. The van der Waals surface area contributed by atoms with Gasteiger partial charge in [-0.15, -0.1) is 11.6 Å². The van der Waals surface area contributed by atoms with E-state index in [0.29, 0.717) is 13.1 Å². The first-order valence-corrected chi connectivity index (χ1v) is 4.85. The molecule has 0 radical (unpaired) electrons. The molecule has 0 atom stereocenters.